The number of anilines is 1. The van der Waals surface area contributed by atoms with Gasteiger partial charge in [0.1, 0.15) is 5.60 Å². The minimum Gasteiger partial charge on any atom is -0.444 e. The maximum atomic E-state index is 12.3. The number of amides is 2. The number of nitrogens with zero attached hydrogens (tertiary/aromatic N) is 3. The number of ether oxygens (including phenoxy) is 1. The largest absolute Gasteiger partial charge is 0.444 e. The first-order valence-corrected chi connectivity index (χ1v) is 8.65. The Morgan fingerprint density at radius 2 is 1.72 bits per heavy atom. The van der Waals surface area contributed by atoms with Gasteiger partial charge in [0.25, 0.3) is 5.91 Å². The number of carbonyl (C=O) groups excluding carboxylic acids is 2. The van der Waals surface area contributed by atoms with E-state index in [0.717, 1.165) is 18.8 Å². The van der Waals surface area contributed by atoms with E-state index >= 15 is 0 Å². The first kappa shape index (κ1) is 19.1. The lowest BCUT2D eigenvalue weighted by molar-refractivity contribution is 0.0159. The zero-order valence-electron chi connectivity index (χ0n) is 16.1. The summed E-state index contributed by atoms with van der Waals surface area (Å²) in [4.78, 5) is 29.8. The van der Waals surface area contributed by atoms with Crippen LogP contribution in [0.25, 0.3) is 0 Å². The molecule has 1 heterocycles. The molecule has 6 nitrogen and oxygen atoms in total. The van der Waals surface area contributed by atoms with Crippen LogP contribution in [0.3, 0.4) is 0 Å². The molecular formula is C19H29N3O3. The van der Waals surface area contributed by atoms with E-state index in [9.17, 15) is 9.59 Å². The number of hydrogen-bond acceptors (Lipinski definition) is 4. The van der Waals surface area contributed by atoms with Gasteiger partial charge in [0.15, 0.2) is 0 Å². The van der Waals surface area contributed by atoms with Crippen LogP contribution in [0.5, 0.6) is 0 Å². The van der Waals surface area contributed by atoms with E-state index in [0.29, 0.717) is 12.1 Å². The van der Waals surface area contributed by atoms with Crippen LogP contribution >= 0.6 is 0 Å². The van der Waals surface area contributed by atoms with Crippen molar-refractivity contribution in [3.05, 3.63) is 29.8 Å². The van der Waals surface area contributed by atoms with Gasteiger partial charge in [0.2, 0.25) is 0 Å². The molecule has 0 aromatic heterocycles. The highest BCUT2D eigenvalue weighted by Gasteiger charge is 2.30. The number of piperazine rings is 1. The topological polar surface area (TPSA) is 53.1 Å². The van der Waals surface area contributed by atoms with E-state index in [1.807, 2.05) is 52.0 Å². The second-order valence-electron chi connectivity index (χ2n) is 7.72. The van der Waals surface area contributed by atoms with E-state index in [4.69, 9.17) is 4.74 Å². The van der Waals surface area contributed by atoms with Crippen LogP contribution < -0.4 is 4.90 Å². The van der Waals surface area contributed by atoms with E-state index in [2.05, 4.69) is 4.90 Å². The molecule has 1 fully saturated rings. The number of carbonyl (C=O) groups is 2. The fourth-order valence-electron chi connectivity index (χ4n) is 2.86. The van der Waals surface area contributed by atoms with Gasteiger partial charge in [-0.1, -0.05) is 0 Å². The quantitative estimate of drug-likeness (QED) is 0.825. The highest BCUT2D eigenvalue weighted by Crippen LogP contribution is 2.22. The normalized spacial score (nSPS) is 18.1. The van der Waals surface area contributed by atoms with Gasteiger partial charge in [-0.25, -0.2) is 4.79 Å². The Balaban J connectivity index is 2.01. The monoisotopic (exact) mass is 347 g/mol. The van der Waals surface area contributed by atoms with Crippen molar-refractivity contribution in [2.24, 2.45) is 0 Å². The van der Waals surface area contributed by atoms with Gasteiger partial charge < -0.3 is 19.4 Å². The van der Waals surface area contributed by atoms with Crippen molar-refractivity contribution in [1.82, 2.24) is 9.80 Å². The summed E-state index contributed by atoms with van der Waals surface area (Å²) in [6.07, 6.45) is -0.258. The Morgan fingerprint density at radius 1 is 1.12 bits per heavy atom. The minimum atomic E-state index is -0.483. The second kappa shape index (κ2) is 7.33. The molecule has 1 atom stereocenters. The average Bonchev–Trinajstić information content (AvgIpc) is 2.52. The van der Waals surface area contributed by atoms with Crippen LogP contribution in [-0.4, -0.2) is 67.2 Å². The molecule has 25 heavy (non-hydrogen) atoms. The van der Waals surface area contributed by atoms with Crippen molar-refractivity contribution in [2.45, 2.75) is 39.3 Å². The molecule has 0 saturated carbocycles. The van der Waals surface area contributed by atoms with Crippen molar-refractivity contribution in [3.8, 4) is 0 Å². The maximum absolute atomic E-state index is 12.3. The SMILES string of the molecule is C[C@H]1CN(c2ccc(C(=O)N(C)C)cc2)CCN1C(=O)OC(C)(C)C. The second-order valence-corrected chi connectivity index (χ2v) is 7.72. The lowest BCUT2D eigenvalue weighted by Gasteiger charge is -2.41. The zero-order chi connectivity index (χ0) is 18.8. The average molecular weight is 347 g/mol. The van der Waals surface area contributed by atoms with Crippen molar-refractivity contribution in [2.75, 3.05) is 38.6 Å². The fourth-order valence-corrected chi connectivity index (χ4v) is 2.86. The molecule has 0 spiro atoms. The van der Waals surface area contributed by atoms with E-state index in [1.165, 1.54) is 0 Å². The molecule has 138 valence electrons. The molecule has 1 aromatic rings. The van der Waals surface area contributed by atoms with Crippen LogP contribution in [0.2, 0.25) is 0 Å². The standard InChI is InChI=1S/C19H29N3O3/c1-14-13-21(11-12-22(14)18(24)25-19(2,3)4)16-9-7-15(8-10-16)17(23)20(5)6/h7-10,14H,11-13H2,1-6H3/t14-/m0/s1. The molecule has 2 rings (SSSR count). The number of hydrogen-bond donors (Lipinski definition) is 0. The maximum Gasteiger partial charge on any atom is 0.410 e. The number of rotatable bonds is 2. The molecular weight excluding hydrogens is 318 g/mol. The summed E-state index contributed by atoms with van der Waals surface area (Å²) in [7, 11) is 3.49. The Labute approximate surface area is 150 Å². The number of benzene rings is 1. The summed E-state index contributed by atoms with van der Waals surface area (Å²) in [6, 6.07) is 7.69. The predicted octanol–water partition coefficient (Wildman–Crippen LogP) is 2.83. The molecule has 0 radical (unpaired) electrons. The molecule has 1 saturated heterocycles. The van der Waals surface area contributed by atoms with Crippen LogP contribution in [0.15, 0.2) is 24.3 Å². The van der Waals surface area contributed by atoms with Crippen LogP contribution in [0, 0.1) is 0 Å². The van der Waals surface area contributed by atoms with E-state index in [1.54, 1.807) is 23.9 Å². The molecule has 0 aliphatic carbocycles. The Morgan fingerprint density at radius 3 is 2.20 bits per heavy atom. The summed E-state index contributed by atoms with van der Waals surface area (Å²) in [5, 5.41) is 0. The van der Waals surface area contributed by atoms with Gasteiger partial charge in [0.05, 0.1) is 0 Å². The van der Waals surface area contributed by atoms with Crippen LogP contribution in [0.1, 0.15) is 38.1 Å². The van der Waals surface area contributed by atoms with Gasteiger partial charge in [-0.15, -0.1) is 0 Å². The minimum absolute atomic E-state index is 0.00494. The van der Waals surface area contributed by atoms with E-state index < -0.39 is 5.60 Å². The highest BCUT2D eigenvalue weighted by molar-refractivity contribution is 5.94. The first-order chi connectivity index (χ1) is 11.6. The highest BCUT2D eigenvalue weighted by atomic mass is 16.6. The third-order valence-corrected chi connectivity index (χ3v) is 4.14. The Kier molecular flexibility index (Phi) is 5.60. The first-order valence-electron chi connectivity index (χ1n) is 8.65. The predicted molar refractivity (Wildman–Crippen MR) is 99.1 cm³/mol. The van der Waals surface area contributed by atoms with Gasteiger partial charge in [-0.05, 0) is 52.0 Å². The molecule has 0 bridgehead atoms. The van der Waals surface area contributed by atoms with Crippen molar-refractivity contribution in [3.63, 3.8) is 0 Å². The summed E-state index contributed by atoms with van der Waals surface area (Å²) in [5.74, 6) is -0.00494. The molecule has 1 aliphatic rings. The summed E-state index contributed by atoms with van der Waals surface area (Å²) >= 11 is 0. The van der Waals surface area contributed by atoms with Crippen molar-refractivity contribution >= 4 is 17.7 Å². The van der Waals surface area contributed by atoms with E-state index in [-0.39, 0.29) is 18.0 Å². The molecule has 2 amide bonds. The smallest absolute Gasteiger partial charge is 0.410 e. The zero-order valence-corrected chi connectivity index (χ0v) is 16.1. The Hall–Kier alpha value is -2.24. The van der Waals surface area contributed by atoms with Crippen molar-refractivity contribution in [1.29, 1.82) is 0 Å². The third kappa shape index (κ3) is 4.87. The van der Waals surface area contributed by atoms with Gasteiger partial charge in [-0.2, -0.15) is 0 Å². The van der Waals surface area contributed by atoms with Gasteiger partial charge in [-0.3, -0.25) is 4.79 Å². The summed E-state index contributed by atoms with van der Waals surface area (Å²) < 4.78 is 5.48. The van der Waals surface area contributed by atoms with Gasteiger partial charge >= 0.3 is 6.09 Å². The van der Waals surface area contributed by atoms with Gasteiger partial charge in [0, 0.05) is 51.0 Å². The molecule has 1 aliphatic heterocycles. The third-order valence-electron chi connectivity index (χ3n) is 4.14. The summed E-state index contributed by atoms with van der Waals surface area (Å²) in [5.41, 5.74) is 1.25. The van der Waals surface area contributed by atoms with Crippen LogP contribution in [-0.2, 0) is 4.74 Å². The molecule has 0 unspecified atom stereocenters. The molecule has 6 heteroatoms. The lowest BCUT2D eigenvalue weighted by atomic mass is 10.1. The molecule has 1 aromatic carbocycles. The van der Waals surface area contributed by atoms with Crippen molar-refractivity contribution < 1.29 is 14.3 Å². The Bertz CT molecular complexity index is 620. The fraction of sp³-hybridized carbons (Fsp3) is 0.579. The van der Waals surface area contributed by atoms with Crippen LogP contribution in [0.4, 0.5) is 10.5 Å². The summed E-state index contributed by atoms with van der Waals surface area (Å²) in [6.45, 7) is 9.76. The lowest BCUT2D eigenvalue weighted by Crippen LogP contribution is -2.55. The molecule has 0 N–H and O–H groups in total.